The summed E-state index contributed by atoms with van der Waals surface area (Å²) >= 11 is 7.45. The van der Waals surface area contributed by atoms with Crippen LogP contribution in [0.25, 0.3) is 10.1 Å². The van der Waals surface area contributed by atoms with E-state index >= 15 is 0 Å². The fraction of sp³-hybridized carbons (Fsp3) is 0.444. The maximum absolute atomic E-state index is 12.5. The Hall–Kier alpha value is -2.21. The van der Waals surface area contributed by atoms with Gasteiger partial charge in [-0.2, -0.15) is 26.3 Å². The molecule has 3 rings (SSSR count). The van der Waals surface area contributed by atoms with E-state index in [1.54, 1.807) is 18.2 Å². The number of benzene rings is 1. The van der Waals surface area contributed by atoms with Crippen LogP contribution < -0.4 is 5.32 Å². The van der Waals surface area contributed by atoms with Gasteiger partial charge in [0.1, 0.15) is 4.88 Å². The Labute approximate surface area is 180 Å². The molecule has 13 heteroatoms. The third kappa shape index (κ3) is 5.35. The molecule has 1 N–H and O–H groups in total. The van der Waals surface area contributed by atoms with Gasteiger partial charge < -0.3 is 15.0 Å². The van der Waals surface area contributed by atoms with Gasteiger partial charge in [0, 0.05) is 29.2 Å². The van der Waals surface area contributed by atoms with Crippen LogP contribution in [0.15, 0.2) is 24.3 Å². The molecule has 0 bridgehead atoms. The van der Waals surface area contributed by atoms with E-state index in [-0.39, 0.29) is 25.9 Å². The molecule has 0 radical (unpaired) electrons. The highest BCUT2D eigenvalue weighted by atomic mass is 35.5. The molecule has 1 aliphatic rings. The Morgan fingerprint density at radius 1 is 1.10 bits per heavy atom. The predicted octanol–water partition coefficient (Wildman–Crippen LogP) is 5.38. The molecule has 0 atom stereocenters. The van der Waals surface area contributed by atoms with E-state index in [1.807, 2.05) is 6.07 Å². The Morgan fingerprint density at radius 2 is 1.68 bits per heavy atom. The van der Waals surface area contributed by atoms with Crippen LogP contribution in [0, 0.1) is 0 Å². The number of fused-ring (bicyclic) bond motifs is 1. The monoisotopic (exact) mass is 488 g/mol. The second-order valence-corrected chi connectivity index (χ2v) is 8.25. The highest BCUT2D eigenvalue weighted by Gasteiger charge is 2.60. The number of hydrogen-bond donors (Lipinski definition) is 1. The van der Waals surface area contributed by atoms with E-state index in [4.69, 9.17) is 11.6 Å². The summed E-state index contributed by atoms with van der Waals surface area (Å²) in [6, 6.07) is 6.72. The minimum Gasteiger partial charge on any atom is -0.426 e. The molecule has 1 aliphatic heterocycles. The molecule has 170 valence electrons. The summed E-state index contributed by atoms with van der Waals surface area (Å²) in [7, 11) is 0. The molecular weight excluding hydrogens is 474 g/mol. The number of piperidine rings is 1. The largest absolute Gasteiger partial charge is 0.434 e. The number of nitrogens with zero attached hydrogens (tertiary/aromatic N) is 1. The van der Waals surface area contributed by atoms with E-state index in [0.717, 1.165) is 15.0 Å². The summed E-state index contributed by atoms with van der Waals surface area (Å²) in [5.74, 6) is -0.443. The fourth-order valence-corrected chi connectivity index (χ4v) is 4.53. The third-order valence-electron chi connectivity index (χ3n) is 4.64. The number of ether oxygens (including phenoxy) is 1. The maximum Gasteiger partial charge on any atom is 0.434 e. The zero-order valence-corrected chi connectivity index (χ0v) is 17.1. The predicted molar refractivity (Wildman–Crippen MR) is 101 cm³/mol. The van der Waals surface area contributed by atoms with Crippen LogP contribution in [-0.2, 0) is 4.74 Å². The van der Waals surface area contributed by atoms with Crippen LogP contribution in [-0.4, -0.2) is 54.5 Å². The van der Waals surface area contributed by atoms with Gasteiger partial charge in [-0.25, -0.2) is 4.79 Å². The zero-order chi connectivity index (χ0) is 23.0. The molecule has 2 aromatic rings. The van der Waals surface area contributed by atoms with E-state index < -0.39 is 36.5 Å². The van der Waals surface area contributed by atoms with Crippen LogP contribution >= 0.6 is 22.9 Å². The normalized spacial score (nSPS) is 16.1. The molecule has 1 aromatic heterocycles. The van der Waals surface area contributed by atoms with E-state index in [9.17, 15) is 35.9 Å². The number of nitrogens with one attached hydrogen (secondary N) is 1. The average molecular weight is 489 g/mol. The van der Waals surface area contributed by atoms with Crippen molar-refractivity contribution in [3.05, 3.63) is 34.2 Å². The summed E-state index contributed by atoms with van der Waals surface area (Å²) in [5.41, 5.74) is 0. The van der Waals surface area contributed by atoms with Crippen LogP contribution in [0.5, 0.6) is 0 Å². The number of amides is 2. The van der Waals surface area contributed by atoms with Gasteiger partial charge in [0.2, 0.25) is 0 Å². The van der Waals surface area contributed by atoms with Crippen molar-refractivity contribution in [3.8, 4) is 0 Å². The second-order valence-electron chi connectivity index (χ2n) is 6.82. The Bertz CT molecular complexity index is 955. The van der Waals surface area contributed by atoms with Crippen molar-refractivity contribution < 1.29 is 40.7 Å². The lowest BCUT2D eigenvalue weighted by Crippen LogP contribution is -2.51. The molecule has 0 spiro atoms. The first-order valence-corrected chi connectivity index (χ1v) is 10.1. The van der Waals surface area contributed by atoms with Gasteiger partial charge in [-0.3, -0.25) is 4.79 Å². The molecule has 1 fully saturated rings. The highest BCUT2D eigenvalue weighted by Crippen LogP contribution is 2.37. The summed E-state index contributed by atoms with van der Waals surface area (Å²) < 4.78 is 79.8. The lowest BCUT2D eigenvalue weighted by atomic mass is 10.1. The SMILES string of the molecule is O=C(NC1CCN(C(=O)OC(C(F)(F)F)C(F)(F)F)CC1)c1sc2ccccc2c1Cl. The van der Waals surface area contributed by atoms with Crippen molar-refractivity contribution in [2.24, 2.45) is 0 Å². The third-order valence-corrected chi connectivity index (χ3v) is 6.32. The van der Waals surface area contributed by atoms with Crippen molar-refractivity contribution in [2.45, 2.75) is 37.3 Å². The van der Waals surface area contributed by atoms with Crippen LogP contribution in [0.3, 0.4) is 0 Å². The number of likely N-dealkylation sites (tertiary alicyclic amines) is 1. The van der Waals surface area contributed by atoms with Crippen LogP contribution in [0.4, 0.5) is 31.1 Å². The van der Waals surface area contributed by atoms with E-state index in [1.165, 1.54) is 11.3 Å². The van der Waals surface area contributed by atoms with Crippen molar-refractivity contribution in [3.63, 3.8) is 0 Å². The van der Waals surface area contributed by atoms with Crippen molar-refractivity contribution in [2.75, 3.05) is 13.1 Å². The number of halogens is 7. The van der Waals surface area contributed by atoms with Crippen molar-refractivity contribution in [1.29, 1.82) is 0 Å². The Morgan fingerprint density at radius 3 is 2.23 bits per heavy atom. The van der Waals surface area contributed by atoms with Gasteiger partial charge in [0.05, 0.1) is 5.02 Å². The number of carbonyl (C=O) groups excluding carboxylic acids is 2. The molecule has 2 amide bonds. The number of rotatable bonds is 3. The molecule has 0 saturated carbocycles. The molecular formula is C18H15ClF6N2O3S. The van der Waals surface area contributed by atoms with Crippen LogP contribution in [0.1, 0.15) is 22.5 Å². The number of carbonyl (C=O) groups is 2. The molecule has 5 nitrogen and oxygen atoms in total. The molecule has 2 heterocycles. The molecule has 1 saturated heterocycles. The number of thiophene rings is 1. The lowest BCUT2D eigenvalue weighted by molar-refractivity contribution is -0.308. The van der Waals surface area contributed by atoms with Gasteiger partial charge in [0.25, 0.3) is 12.0 Å². The number of alkyl halides is 6. The van der Waals surface area contributed by atoms with E-state index in [2.05, 4.69) is 10.1 Å². The zero-order valence-electron chi connectivity index (χ0n) is 15.5. The van der Waals surface area contributed by atoms with Gasteiger partial charge in [-0.05, 0) is 18.9 Å². The van der Waals surface area contributed by atoms with Gasteiger partial charge in [0.15, 0.2) is 0 Å². The molecule has 0 unspecified atom stereocenters. The highest BCUT2D eigenvalue weighted by molar-refractivity contribution is 7.21. The van der Waals surface area contributed by atoms with E-state index in [0.29, 0.717) is 9.90 Å². The smallest absolute Gasteiger partial charge is 0.426 e. The lowest BCUT2D eigenvalue weighted by Gasteiger charge is -2.33. The van der Waals surface area contributed by atoms with Crippen molar-refractivity contribution in [1.82, 2.24) is 10.2 Å². The standard InChI is InChI=1S/C18H15ClF6N2O3S/c19-12-10-3-1-2-4-11(10)31-13(12)14(28)26-9-5-7-27(8-6-9)16(29)30-15(17(20,21)22)18(23,24)25/h1-4,9,15H,5-8H2,(H,26,28). The maximum atomic E-state index is 12.5. The van der Waals surface area contributed by atoms with Gasteiger partial charge >= 0.3 is 18.4 Å². The van der Waals surface area contributed by atoms with Crippen molar-refractivity contribution >= 4 is 45.0 Å². The molecule has 31 heavy (non-hydrogen) atoms. The topological polar surface area (TPSA) is 58.6 Å². The van der Waals surface area contributed by atoms with Gasteiger partial charge in [-0.15, -0.1) is 11.3 Å². The first kappa shape index (κ1) is 23.5. The molecule has 0 aliphatic carbocycles. The first-order chi connectivity index (χ1) is 14.4. The summed E-state index contributed by atoms with van der Waals surface area (Å²) in [6.07, 6.45) is -17.2. The summed E-state index contributed by atoms with van der Waals surface area (Å²) in [4.78, 5) is 25.4. The van der Waals surface area contributed by atoms with Gasteiger partial charge in [-0.1, -0.05) is 29.8 Å². The second kappa shape index (κ2) is 8.73. The summed E-state index contributed by atoms with van der Waals surface area (Å²) in [6.45, 7) is -0.348. The minimum atomic E-state index is -5.77. The van der Waals surface area contributed by atoms with Crippen LogP contribution in [0.2, 0.25) is 5.02 Å². The summed E-state index contributed by atoms with van der Waals surface area (Å²) in [5, 5.41) is 3.75. The first-order valence-electron chi connectivity index (χ1n) is 8.95. The number of hydrogen-bond acceptors (Lipinski definition) is 4. The quantitative estimate of drug-likeness (QED) is 0.590. The Kier molecular flexibility index (Phi) is 6.61. The average Bonchev–Trinajstić information content (AvgIpc) is 3.02. The molecule has 1 aromatic carbocycles. The fourth-order valence-electron chi connectivity index (χ4n) is 3.11. The Balaban J connectivity index is 1.57. The minimum absolute atomic E-state index is 0.131.